The minimum atomic E-state index is -1.21. The van der Waals surface area contributed by atoms with E-state index in [0.717, 1.165) is 0 Å². The molecular weight excluding hydrogens is 322 g/mol. The summed E-state index contributed by atoms with van der Waals surface area (Å²) in [5.74, 6) is -3.68. The summed E-state index contributed by atoms with van der Waals surface area (Å²) in [5.41, 5.74) is 0.597. The third kappa shape index (κ3) is 3.90. The highest BCUT2D eigenvalue weighted by Gasteiger charge is 2.46. The molecule has 3 rings (SSSR count). The van der Waals surface area contributed by atoms with Gasteiger partial charge < -0.3 is 14.8 Å². The van der Waals surface area contributed by atoms with Crippen LogP contribution in [-0.4, -0.2) is 29.7 Å². The fourth-order valence-corrected chi connectivity index (χ4v) is 3.16. The molecule has 0 bridgehead atoms. The molecule has 0 saturated carbocycles. The molecule has 0 spiro atoms. The first-order valence-corrected chi connectivity index (χ1v) is 8.36. The highest BCUT2D eigenvalue weighted by molar-refractivity contribution is 5.97. The first-order chi connectivity index (χ1) is 11.9. The van der Waals surface area contributed by atoms with Gasteiger partial charge in [0.1, 0.15) is 0 Å². The van der Waals surface area contributed by atoms with E-state index in [0.29, 0.717) is 18.4 Å². The van der Waals surface area contributed by atoms with Crippen molar-refractivity contribution >= 4 is 17.8 Å². The second kappa shape index (κ2) is 6.70. The summed E-state index contributed by atoms with van der Waals surface area (Å²) < 4.78 is 10.3. The van der Waals surface area contributed by atoms with E-state index in [1.54, 1.807) is 18.2 Å². The van der Waals surface area contributed by atoms with Crippen molar-refractivity contribution in [1.29, 1.82) is 0 Å². The second-order valence-electron chi connectivity index (χ2n) is 6.79. The van der Waals surface area contributed by atoms with E-state index in [1.165, 1.54) is 13.8 Å². The number of hydrogen-bond acceptors (Lipinski definition) is 5. The third-order valence-corrected chi connectivity index (χ3v) is 4.38. The Morgan fingerprint density at radius 3 is 2.24 bits per heavy atom. The molecule has 1 aromatic rings. The van der Waals surface area contributed by atoms with Crippen molar-refractivity contribution in [2.24, 2.45) is 11.8 Å². The molecule has 0 unspecified atom stereocenters. The number of ether oxygens (including phenoxy) is 2. The predicted octanol–water partition coefficient (Wildman–Crippen LogP) is 2.20. The van der Waals surface area contributed by atoms with Crippen molar-refractivity contribution in [2.75, 3.05) is 0 Å². The van der Waals surface area contributed by atoms with Crippen LogP contribution < -0.4 is 5.32 Å². The maximum absolute atomic E-state index is 12.2. The van der Waals surface area contributed by atoms with Gasteiger partial charge in [-0.15, -0.1) is 0 Å². The van der Waals surface area contributed by atoms with Crippen LogP contribution in [0, 0.1) is 11.8 Å². The molecule has 25 heavy (non-hydrogen) atoms. The topological polar surface area (TPSA) is 81.7 Å². The number of carbonyl (C=O) groups is 3. The summed E-state index contributed by atoms with van der Waals surface area (Å²) in [6, 6.07) is 8.84. The van der Waals surface area contributed by atoms with Crippen LogP contribution in [0.15, 0.2) is 42.5 Å². The van der Waals surface area contributed by atoms with Gasteiger partial charge >= 0.3 is 11.9 Å². The lowest BCUT2D eigenvalue weighted by molar-refractivity contribution is -0.242. The van der Waals surface area contributed by atoms with Crippen molar-refractivity contribution < 1.29 is 23.9 Å². The first-order valence-electron chi connectivity index (χ1n) is 8.36. The highest BCUT2D eigenvalue weighted by Crippen LogP contribution is 2.33. The van der Waals surface area contributed by atoms with Crippen LogP contribution in [-0.2, 0) is 19.1 Å². The number of rotatable bonds is 3. The Bertz CT molecular complexity index is 690. The summed E-state index contributed by atoms with van der Waals surface area (Å²) in [6.45, 7) is 3.07. The Hall–Kier alpha value is -2.63. The third-order valence-electron chi connectivity index (χ3n) is 4.38. The van der Waals surface area contributed by atoms with Gasteiger partial charge in [0.2, 0.25) is 0 Å². The number of esters is 2. The Balaban J connectivity index is 1.62. The van der Waals surface area contributed by atoms with Crippen molar-refractivity contribution in [1.82, 2.24) is 5.32 Å². The molecule has 132 valence electrons. The molecule has 0 radical (unpaired) electrons. The van der Waals surface area contributed by atoms with E-state index in [1.807, 2.05) is 24.3 Å². The van der Waals surface area contributed by atoms with E-state index in [4.69, 9.17) is 9.47 Å². The van der Waals surface area contributed by atoms with Gasteiger partial charge in [0.25, 0.3) is 11.7 Å². The van der Waals surface area contributed by atoms with Crippen LogP contribution in [0.1, 0.15) is 37.0 Å². The molecular formula is C19H21NO5. The number of cyclic esters (lactones) is 2. The van der Waals surface area contributed by atoms with Crippen molar-refractivity contribution in [3.8, 4) is 0 Å². The largest absolute Gasteiger partial charge is 0.422 e. The van der Waals surface area contributed by atoms with Crippen molar-refractivity contribution in [3.63, 3.8) is 0 Å². The van der Waals surface area contributed by atoms with Gasteiger partial charge in [-0.3, -0.25) is 14.4 Å². The van der Waals surface area contributed by atoms with Gasteiger partial charge in [-0.05, 0) is 25.0 Å². The maximum atomic E-state index is 12.2. The van der Waals surface area contributed by atoms with Crippen molar-refractivity contribution in [2.45, 2.75) is 38.5 Å². The van der Waals surface area contributed by atoms with E-state index in [-0.39, 0.29) is 17.9 Å². The number of allylic oxidation sites excluding steroid dienone is 1. The minimum Gasteiger partial charge on any atom is -0.422 e. The lowest BCUT2D eigenvalue weighted by Gasteiger charge is -2.36. The number of carbonyl (C=O) groups excluding carboxylic acids is 3. The molecule has 1 N–H and O–H groups in total. The average molecular weight is 343 g/mol. The number of benzene rings is 1. The molecule has 6 heteroatoms. The molecule has 1 aliphatic carbocycles. The SMILES string of the molecule is CC1(C)OC(=O)C([C@H]2C=C[C@@H](NC(=O)c3ccccc3)CC2)C(=O)O1. The summed E-state index contributed by atoms with van der Waals surface area (Å²) in [6.07, 6.45) is 4.85. The number of amides is 1. The zero-order valence-corrected chi connectivity index (χ0v) is 14.2. The lowest BCUT2D eigenvalue weighted by atomic mass is 9.82. The van der Waals surface area contributed by atoms with Gasteiger partial charge in [0, 0.05) is 31.4 Å². The zero-order chi connectivity index (χ0) is 18.0. The molecule has 1 aliphatic heterocycles. The highest BCUT2D eigenvalue weighted by atomic mass is 16.7. The van der Waals surface area contributed by atoms with Gasteiger partial charge in [-0.1, -0.05) is 30.4 Å². The molecule has 1 heterocycles. The van der Waals surface area contributed by atoms with Gasteiger partial charge in [0.15, 0.2) is 5.92 Å². The molecule has 1 amide bonds. The summed E-state index contributed by atoms with van der Waals surface area (Å²) >= 11 is 0. The Labute approximate surface area is 146 Å². The molecule has 1 aromatic carbocycles. The summed E-state index contributed by atoms with van der Waals surface area (Å²) in [4.78, 5) is 36.5. The van der Waals surface area contributed by atoms with E-state index in [9.17, 15) is 14.4 Å². The maximum Gasteiger partial charge on any atom is 0.324 e. The molecule has 2 atom stereocenters. The van der Waals surface area contributed by atoms with E-state index >= 15 is 0 Å². The van der Waals surface area contributed by atoms with E-state index in [2.05, 4.69) is 5.32 Å². The Morgan fingerprint density at radius 2 is 1.68 bits per heavy atom. The molecule has 1 fully saturated rings. The molecule has 1 saturated heterocycles. The fraction of sp³-hybridized carbons (Fsp3) is 0.421. The van der Waals surface area contributed by atoms with Crippen LogP contribution in [0.3, 0.4) is 0 Å². The lowest BCUT2D eigenvalue weighted by Crippen LogP contribution is -2.49. The van der Waals surface area contributed by atoms with Crippen LogP contribution in [0.4, 0.5) is 0 Å². The number of nitrogens with one attached hydrogen (secondary N) is 1. The fourth-order valence-electron chi connectivity index (χ4n) is 3.16. The van der Waals surface area contributed by atoms with Crippen LogP contribution in [0.25, 0.3) is 0 Å². The monoisotopic (exact) mass is 343 g/mol. The summed E-state index contributed by atoms with van der Waals surface area (Å²) in [7, 11) is 0. The Morgan fingerprint density at radius 1 is 1.04 bits per heavy atom. The molecule has 6 nitrogen and oxygen atoms in total. The quantitative estimate of drug-likeness (QED) is 0.517. The number of hydrogen-bond donors (Lipinski definition) is 1. The minimum absolute atomic E-state index is 0.129. The van der Waals surface area contributed by atoms with Crippen LogP contribution >= 0.6 is 0 Å². The normalized spacial score (nSPS) is 25.8. The summed E-state index contributed by atoms with van der Waals surface area (Å²) in [5, 5.41) is 2.94. The standard InChI is InChI=1S/C19H21NO5/c1-19(2)24-17(22)15(18(23)25-19)12-8-10-14(11-9-12)20-16(21)13-6-4-3-5-7-13/h3-8,10,12,14-15H,9,11H2,1-2H3,(H,20,21)/t12-,14+/m0/s1. The first kappa shape index (κ1) is 17.2. The van der Waals surface area contributed by atoms with Gasteiger partial charge in [0.05, 0.1) is 0 Å². The van der Waals surface area contributed by atoms with Gasteiger partial charge in [-0.2, -0.15) is 0 Å². The Kier molecular flexibility index (Phi) is 4.61. The van der Waals surface area contributed by atoms with Crippen LogP contribution in [0.5, 0.6) is 0 Å². The van der Waals surface area contributed by atoms with Crippen molar-refractivity contribution in [3.05, 3.63) is 48.0 Å². The molecule has 2 aliphatic rings. The van der Waals surface area contributed by atoms with E-state index < -0.39 is 23.6 Å². The second-order valence-corrected chi connectivity index (χ2v) is 6.79. The molecule has 0 aromatic heterocycles. The average Bonchev–Trinajstić information content (AvgIpc) is 2.55. The van der Waals surface area contributed by atoms with Crippen LogP contribution in [0.2, 0.25) is 0 Å². The smallest absolute Gasteiger partial charge is 0.324 e. The zero-order valence-electron chi connectivity index (χ0n) is 14.2. The van der Waals surface area contributed by atoms with Gasteiger partial charge in [-0.25, -0.2) is 0 Å². The predicted molar refractivity (Wildman–Crippen MR) is 89.3 cm³/mol.